The van der Waals surface area contributed by atoms with Gasteiger partial charge in [0.15, 0.2) is 15.9 Å². The predicted octanol–water partition coefficient (Wildman–Crippen LogP) is 3.44. The second kappa shape index (κ2) is 9.50. The molecule has 8 nitrogen and oxygen atoms in total. The van der Waals surface area contributed by atoms with Crippen LogP contribution >= 0.6 is 23.1 Å². The normalized spacial score (nSPS) is 11.4. The average Bonchev–Trinajstić information content (AvgIpc) is 3.34. The largest absolute Gasteiger partial charge is 0.382 e. The fraction of sp³-hybridized carbons (Fsp3) is 0.350. The first kappa shape index (κ1) is 20.7. The van der Waals surface area contributed by atoms with Crippen LogP contribution in [0.15, 0.2) is 45.9 Å². The summed E-state index contributed by atoms with van der Waals surface area (Å²) in [5.74, 6) is 1.34. The molecule has 10 heteroatoms. The molecule has 4 rings (SSSR count). The van der Waals surface area contributed by atoms with E-state index in [0.717, 1.165) is 40.9 Å². The van der Waals surface area contributed by atoms with Crippen LogP contribution in [-0.4, -0.2) is 42.3 Å². The van der Waals surface area contributed by atoms with Gasteiger partial charge in [0.1, 0.15) is 0 Å². The summed E-state index contributed by atoms with van der Waals surface area (Å²) in [6, 6.07) is 5.44. The first-order valence-electron chi connectivity index (χ1n) is 9.68. The lowest BCUT2D eigenvalue weighted by Gasteiger charge is -2.10. The summed E-state index contributed by atoms with van der Waals surface area (Å²) in [5, 5.41) is 11.5. The van der Waals surface area contributed by atoms with Crippen LogP contribution in [0.3, 0.4) is 0 Å². The summed E-state index contributed by atoms with van der Waals surface area (Å²) in [5.41, 5.74) is 2.56. The van der Waals surface area contributed by atoms with Crippen molar-refractivity contribution in [2.24, 2.45) is 0 Å². The highest BCUT2D eigenvalue weighted by Crippen LogP contribution is 2.26. The summed E-state index contributed by atoms with van der Waals surface area (Å²) < 4.78 is 9.22. The van der Waals surface area contributed by atoms with Crippen LogP contribution < -0.4 is 5.56 Å². The number of thiazole rings is 1. The van der Waals surface area contributed by atoms with Gasteiger partial charge in [0.05, 0.1) is 5.69 Å². The van der Waals surface area contributed by atoms with Gasteiger partial charge < -0.3 is 9.30 Å². The van der Waals surface area contributed by atoms with Gasteiger partial charge >= 0.3 is 0 Å². The van der Waals surface area contributed by atoms with E-state index in [4.69, 9.17) is 4.74 Å². The highest BCUT2D eigenvalue weighted by atomic mass is 32.2. The lowest BCUT2D eigenvalue weighted by atomic mass is 10.2. The Morgan fingerprint density at radius 2 is 2.07 bits per heavy atom. The smallest absolute Gasteiger partial charge is 0.258 e. The Kier molecular flexibility index (Phi) is 6.56. The summed E-state index contributed by atoms with van der Waals surface area (Å²) in [4.78, 5) is 21.8. The van der Waals surface area contributed by atoms with Crippen LogP contribution in [0.5, 0.6) is 0 Å². The number of aryl methyl sites for hydroxylation is 1. The molecule has 0 aromatic carbocycles. The molecule has 0 aliphatic carbocycles. The van der Waals surface area contributed by atoms with Crippen LogP contribution in [-0.2, 0) is 17.0 Å². The summed E-state index contributed by atoms with van der Waals surface area (Å²) >= 11 is 3.00. The van der Waals surface area contributed by atoms with E-state index >= 15 is 0 Å². The van der Waals surface area contributed by atoms with E-state index in [2.05, 4.69) is 24.7 Å². The Morgan fingerprint density at radius 1 is 1.23 bits per heavy atom. The number of rotatable bonds is 9. The molecule has 0 fully saturated rings. The molecule has 4 heterocycles. The van der Waals surface area contributed by atoms with E-state index in [1.807, 2.05) is 31.4 Å². The third-order valence-corrected chi connectivity index (χ3v) is 6.45. The third kappa shape index (κ3) is 4.45. The monoisotopic (exact) mass is 442 g/mol. The Morgan fingerprint density at radius 3 is 2.87 bits per heavy atom. The van der Waals surface area contributed by atoms with Crippen molar-refractivity contribution in [1.29, 1.82) is 0 Å². The number of aromatic nitrogens is 6. The molecule has 0 saturated carbocycles. The van der Waals surface area contributed by atoms with Crippen molar-refractivity contribution in [3.8, 4) is 11.4 Å². The number of ether oxygens (including phenoxy) is 1. The second-order valence-corrected chi connectivity index (χ2v) is 8.39. The minimum atomic E-state index is -0.0509. The molecule has 0 radical (unpaired) electrons. The molecular weight excluding hydrogens is 420 g/mol. The first-order valence-corrected chi connectivity index (χ1v) is 11.5. The van der Waals surface area contributed by atoms with E-state index < -0.39 is 0 Å². The molecule has 30 heavy (non-hydrogen) atoms. The van der Waals surface area contributed by atoms with Crippen molar-refractivity contribution in [3.05, 3.63) is 57.7 Å². The van der Waals surface area contributed by atoms with Crippen molar-refractivity contribution >= 4 is 28.1 Å². The van der Waals surface area contributed by atoms with Gasteiger partial charge in [-0.2, -0.15) is 0 Å². The van der Waals surface area contributed by atoms with Gasteiger partial charge in [0.2, 0.25) is 0 Å². The lowest BCUT2D eigenvalue weighted by molar-refractivity contribution is 0.141. The third-order valence-electron chi connectivity index (χ3n) is 4.51. The SMILES string of the molecule is CCOCCCn1c(SCc2cc(=O)n3c(C)csc3n2)nnc1-c1ccncc1. The number of fused-ring (bicyclic) bond motifs is 1. The predicted molar refractivity (Wildman–Crippen MR) is 118 cm³/mol. The van der Waals surface area contributed by atoms with Gasteiger partial charge in [-0.05, 0) is 32.4 Å². The number of hydrogen-bond acceptors (Lipinski definition) is 8. The Hall–Kier alpha value is -2.56. The molecule has 0 atom stereocenters. The average molecular weight is 443 g/mol. The highest BCUT2D eigenvalue weighted by Gasteiger charge is 2.15. The zero-order valence-electron chi connectivity index (χ0n) is 16.8. The van der Waals surface area contributed by atoms with E-state index in [9.17, 15) is 4.79 Å². The summed E-state index contributed by atoms with van der Waals surface area (Å²) in [6.07, 6.45) is 4.35. The Balaban J connectivity index is 1.57. The molecule has 4 aromatic heterocycles. The molecular formula is C20H22N6O2S2. The van der Waals surface area contributed by atoms with Crippen molar-refractivity contribution < 1.29 is 4.74 Å². The molecule has 0 amide bonds. The summed E-state index contributed by atoms with van der Waals surface area (Å²) in [7, 11) is 0. The van der Waals surface area contributed by atoms with E-state index in [1.165, 1.54) is 23.1 Å². The molecule has 0 bridgehead atoms. The van der Waals surface area contributed by atoms with Gasteiger partial charge in [-0.3, -0.25) is 14.2 Å². The van der Waals surface area contributed by atoms with Gasteiger partial charge in [0.25, 0.3) is 5.56 Å². The van der Waals surface area contributed by atoms with Gasteiger partial charge in [-0.15, -0.1) is 21.5 Å². The minimum absolute atomic E-state index is 0.0509. The van der Waals surface area contributed by atoms with Crippen LogP contribution in [0.1, 0.15) is 24.7 Å². The molecule has 0 unspecified atom stereocenters. The number of nitrogens with zero attached hydrogens (tertiary/aromatic N) is 6. The lowest BCUT2D eigenvalue weighted by Crippen LogP contribution is -2.14. The van der Waals surface area contributed by atoms with Crippen LogP contribution in [0.4, 0.5) is 0 Å². The zero-order chi connectivity index (χ0) is 20.9. The topological polar surface area (TPSA) is 87.2 Å². The molecule has 4 aromatic rings. The maximum atomic E-state index is 12.4. The Bertz CT molecular complexity index is 1190. The van der Waals surface area contributed by atoms with Crippen LogP contribution in [0, 0.1) is 6.92 Å². The first-order chi connectivity index (χ1) is 14.7. The number of pyridine rings is 1. The van der Waals surface area contributed by atoms with Crippen LogP contribution in [0.2, 0.25) is 0 Å². The maximum absolute atomic E-state index is 12.4. The zero-order valence-corrected chi connectivity index (χ0v) is 18.4. The number of thioether (sulfide) groups is 1. The molecule has 0 spiro atoms. The van der Waals surface area contributed by atoms with Crippen LogP contribution in [0.25, 0.3) is 16.3 Å². The van der Waals surface area contributed by atoms with Crippen molar-refractivity contribution in [2.75, 3.05) is 13.2 Å². The van der Waals surface area contributed by atoms with Gasteiger partial charge in [-0.25, -0.2) is 4.98 Å². The van der Waals surface area contributed by atoms with E-state index in [-0.39, 0.29) is 5.56 Å². The van der Waals surface area contributed by atoms with Crippen molar-refractivity contribution in [1.82, 2.24) is 29.1 Å². The standard InChI is InChI=1S/C20H22N6O2S2/c1-3-28-10-4-9-25-18(15-5-7-21-8-6-15)23-24-20(25)30-13-16-11-17(27)26-14(2)12-29-19(26)22-16/h5-8,11-12H,3-4,9-10,13H2,1-2H3. The molecule has 0 aliphatic heterocycles. The highest BCUT2D eigenvalue weighted by molar-refractivity contribution is 7.98. The molecule has 0 N–H and O–H groups in total. The van der Waals surface area contributed by atoms with Gasteiger partial charge in [0, 0.05) is 60.6 Å². The van der Waals surface area contributed by atoms with E-state index in [1.54, 1.807) is 22.9 Å². The minimum Gasteiger partial charge on any atom is -0.382 e. The molecule has 156 valence electrons. The quantitative estimate of drug-likeness (QED) is 0.290. The second-order valence-electron chi connectivity index (χ2n) is 6.61. The maximum Gasteiger partial charge on any atom is 0.258 e. The van der Waals surface area contributed by atoms with Crippen molar-refractivity contribution in [2.45, 2.75) is 37.7 Å². The fourth-order valence-electron chi connectivity index (χ4n) is 3.09. The molecule has 0 aliphatic rings. The van der Waals surface area contributed by atoms with E-state index in [0.29, 0.717) is 23.9 Å². The molecule has 0 saturated heterocycles. The summed E-state index contributed by atoms with van der Waals surface area (Å²) in [6.45, 7) is 6.02. The fourth-order valence-corrected chi connectivity index (χ4v) is 4.84. The Labute approximate surface area is 182 Å². The number of hydrogen-bond donors (Lipinski definition) is 0. The van der Waals surface area contributed by atoms with Crippen molar-refractivity contribution in [3.63, 3.8) is 0 Å². The van der Waals surface area contributed by atoms with Gasteiger partial charge in [-0.1, -0.05) is 11.8 Å².